The highest BCUT2D eigenvalue weighted by atomic mass is 16.4. The number of hydrogen-bond donors (Lipinski definition) is 2. The van der Waals surface area contributed by atoms with Crippen LogP contribution in [0.5, 0.6) is 0 Å². The molecule has 1 aromatic carbocycles. The topological polar surface area (TPSA) is 98.2 Å². The Morgan fingerprint density at radius 1 is 1.21 bits per heavy atom. The van der Waals surface area contributed by atoms with Gasteiger partial charge in [-0.1, -0.05) is 43.7 Å². The van der Waals surface area contributed by atoms with Gasteiger partial charge in [-0.05, 0) is 37.7 Å². The molecule has 28 heavy (non-hydrogen) atoms. The number of nitrogens with zero attached hydrogens (tertiary/aromatic N) is 2. The van der Waals surface area contributed by atoms with Gasteiger partial charge in [-0.25, -0.2) is 9.59 Å². The number of aliphatic carboxylic acids is 2. The molecule has 7 nitrogen and oxygen atoms in total. The Bertz CT molecular complexity index is 664. The maximum absolute atomic E-state index is 13.0. The number of carbonyl (C=O) groups excluding carboxylic acids is 1. The van der Waals surface area contributed by atoms with Gasteiger partial charge in [0, 0.05) is 19.6 Å². The molecule has 1 aliphatic heterocycles. The van der Waals surface area contributed by atoms with Crippen LogP contribution in [0.2, 0.25) is 0 Å². The highest BCUT2D eigenvalue weighted by Crippen LogP contribution is 2.21. The zero-order valence-electron chi connectivity index (χ0n) is 16.4. The van der Waals surface area contributed by atoms with Crippen molar-refractivity contribution in [3.63, 3.8) is 0 Å². The van der Waals surface area contributed by atoms with Crippen molar-refractivity contribution in [2.75, 3.05) is 19.6 Å². The zero-order chi connectivity index (χ0) is 20.5. The summed E-state index contributed by atoms with van der Waals surface area (Å²) in [6.45, 7) is 2.94. The number of benzene rings is 1. The van der Waals surface area contributed by atoms with E-state index in [1.165, 1.54) is 9.80 Å². The normalized spacial score (nSPS) is 17.3. The fraction of sp³-hybridized carbons (Fsp3) is 0.571. The highest BCUT2D eigenvalue weighted by molar-refractivity contribution is 5.83. The van der Waals surface area contributed by atoms with E-state index in [1.54, 1.807) is 0 Å². The lowest BCUT2D eigenvalue weighted by Crippen LogP contribution is -2.50. The summed E-state index contributed by atoms with van der Waals surface area (Å²) in [6, 6.07) is 8.50. The van der Waals surface area contributed by atoms with Crippen molar-refractivity contribution in [2.24, 2.45) is 5.92 Å². The summed E-state index contributed by atoms with van der Waals surface area (Å²) < 4.78 is 0. The largest absolute Gasteiger partial charge is 0.481 e. The molecule has 154 valence electrons. The minimum absolute atomic E-state index is 0.101. The minimum Gasteiger partial charge on any atom is -0.481 e. The number of carboxylic acid groups (broad SMARTS) is 2. The van der Waals surface area contributed by atoms with E-state index >= 15 is 0 Å². The minimum atomic E-state index is -1.000. The van der Waals surface area contributed by atoms with Crippen molar-refractivity contribution in [2.45, 2.75) is 51.5 Å². The number of rotatable bonds is 10. The maximum Gasteiger partial charge on any atom is 0.326 e. The molecule has 1 aromatic rings. The molecule has 0 radical (unpaired) electrons. The molecule has 1 heterocycles. The van der Waals surface area contributed by atoms with Gasteiger partial charge in [-0.3, -0.25) is 4.79 Å². The number of carboxylic acids is 2. The van der Waals surface area contributed by atoms with Crippen LogP contribution in [0.4, 0.5) is 4.79 Å². The average molecular weight is 390 g/mol. The van der Waals surface area contributed by atoms with Crippen LogP contribution in [0.15, 0.2) is 30.3 Å². The van der Waals surface area contributed by atoms with Gasteiger partial charge in [0.1, 0.15) is 6.04 Å². The molecule has 0 saturated carbocycles. The van der Waals surface area contributed by atoms with E-state index in [1.807, 2.05) is 37.3 Å². The van der Waals surface area contributed by atoms with Crippen LogP contribution in [-0.2, 0) is 16.0 Å². The summed E-state index contributed by atoms with van der Waals surface area (Å²) in [4.78, 5) is 39.2. The van der Waals surface area contributed by atoms with Crippen LogP contribution in [0.3, 0.4) is 0 Å². The Balaban J connectivity index is 2.07. The summed E-state index contributed by atoms with van der Waals surface area (Å²) in [5.74, 6) is -2.62. The first-order valence-corrected chi connectivity index (χ1v) is 9.99. The first kappa shape index (κ1) is 21.7. The van der Waals surface area contributed by atoms with E-state index in [9.17, 15) is 24.6 Å². The summed E-state index contributed by atoms with van der Waals surface area (Å²) in [6.07, 6.45) is 3.77. The Kier molecular flexibility index (Phi) is 8.29. The molecular weight excluding hydrogens is 360 g/mol. The Morgan fingerprint density at radius 2 is 1.93 bits per heavy atom. The van der Waals surface area contributed by atoms with Crippen LogP contribution < -0.4 is 0 Å². The van der Waals surface area contributed by atoms with Crippen molar-refractivity contribution in [3.05, 3.63) is 35.9 Å². The van der Waals surface area contributed by atoms with Gasteiger partial charge in [-0.2, -0.15) is 0 Å². The van der Waals surface area contributed by atoms with Crippen LogP contribution >= 0.6 is 0 Å². The standard InChI is InChI=1S/C21H30N2O5/c1-2-3-13-22(21(28)23-14-7-10-18(23)20(26)27)15-17(19(24)25)12-11-16-8-5-4-6-9-16/h4-6,8-9,17-18H,2-3,7,10-15H2,1H3,(H,24,25)(H,26,27)/t17?,18-/m0/s1. The zero-order valence-corrected chi connectivity index (χ0v) is 16.4. The smallest absolute Gasteiger partial charge is 0.326 e. The second-order valence-electron chi connectivity index (χ2n) is 7.33. The van der Waals surface area contributed by atoms with Crippen molar-refractivity contribution in [3.8, 4) is 0 Å². The van der Waals surface area contributed by atoms with Gasteiger partial charge >= 0.3 is 18.0 Å². The summed E-state index contributed by atoms with van der Waals surface area (Å²) >= 11 is 0. The van der Waals surface area contributed by atoms with E-state index < -0.39 is 23.9 Å². The van der Waals surface area contributed by atoms with Gasteiger partial charge in [0.25, 0.3) is 0 Å². The first-order valence-electron chi connectivity index (χ1n) is 9.99. The van der Waals surface area contributed by atoms with Crippen molar-refractivity contribution >= 4 is 18.0 Å². The third-order valence-corrected chi connectivity index (χ3v) is 5.25. The lowest BCUT2D eigenvalue weighted by Gasteiger charge is -2.32. The summed E-state index contributed by atoms with van der Waals surface area (Å²) in [7, 11) is 0. The number of urea groups is 1. The summed E-state index contributed by atoms with van der Waals surface area (Å²) in [5, 5.41) is 19.0. The molecule has 0 spiro atoms. The van der Waals surface area contributed by atoms with Crippen molar-refractivity contribution < 1.29 is 24.6 Å². The number of amides is 2. The number of hydrogen-bond acceptors (Lipinski definition) is 3. The van der Waals surface area contributed by atoms with E-state index in [2.05, 4.69) is 0 Å². The lowest BCUT2D eigenvalue weighted by molar-refractivity contribution is -0.143. The fourth-order valence-electron chi connectivity index (χ4n) is 3.59. The summed E-state index contributed by atoms with van der Waals surface area (Å²) in [5.41, 5.74) is 1.06. The molecule has 7 heteroatoms. The number of unbranched alkanes of at least 4 members (excludes halogenated alkanes) is 1. The third kappa shape index (κ3) is 5.97. The van der Waals surface area contributed by atoms with E-state index in [4.69, 9.17) is 0 Å². The van der Waals surface area contributed by atoms with Crippen molar-refractivity contribution in [1.29, 1.82) is 0 Å². The average Bonchev–Trinajstić information content (AvgIpc) is 3.17. The van der Waals surface area contributed by atoms with Gasteiger partial charge < -0.3 is 20.0 Å². The maximum atomic E-state index is 13.0. The fourth-order valence-corrected chi connectivity index (χ4v) is 3.59. The Morgan fingerprint density at radius 3 is 2.54 bits per heavy atom. The quantitative estimate of drug-likeness (QED) is 0.640. The van der Waals surface area contributed by atoms with E-state index in [0.29, 0.717) is 38.8 Å². The van der Waals surface area contributed by atoms with Crippen LogP contribution in [0, 0.1) is 5.92 Å². The Labute approximate surface area is 165 Å². The van der Waals surface area contributed by atoms with Crippen molar-refractivity contribution in [1.82, 2.24) is 9.80 Å². The van der Waals surface area contributed by atoms with Crippen LogP contribution in [-0.4, -0.2) is 63.7 Å². The number of aryl methyl sites for hydroxylation is 1. The molecule has 2 N–H and O–H groups in total. The van der Waals surface area contributed by atoms with Crippen LogP contribution in [0.25, 0.3) is 0 Å². The second-order valence-corrected chi connectivity index (χ2v) is 7.33. The second kappa shape index (κ2) is 10.7. The predicted molar refractivity (Wildman–Crippen MR) is 105 cm³/mol. The molecule has 0 aliphatic carbocycles. The first-order chi connectivity index (χ1) is 13.4. The molecule has 0 aromatic heterocycles. The molecule has 1 aliphatic rings. The molecule has 2 amide bonds. The predicted octanol–water partition coefficient (Wildman–Crippen LogP) is 3.09. The lowest BCUT2D eigenvalue weighted by atomic mass is 9.99. The number of carbonyl (C=O) groups is 3. The highest BCUT2D eigenvalue weighted by Gasteiger charge is 2.37. The van der Waals surface area contributed by atoms with E-state index in [-0.39, 0.29) is 12.6 Å². The molecule has 1 fully saturated rings. The van der Waals surface area contributed by atoms with Gasteiger partial charge in [0.05, 0.1) is 5.92 Å². The van der Waals surface area contributed by atoms with E-state index in [0.717, 1.165) is 18.4 Å². The molecular formula is C21H30N2O5. The van der Waals surface area contributed by atoms with Gasteiger partial charge in [-0.15, -0.1) is 0 Å². The molecule has 1 saturated heterocycles. The third-order valence-electron chi connectivity index (χ3n) is 5.25. The molecule has 2 atom stereocenters. The molecule has 0 bridgehead atoms. The number of likely N-dealkylation sites (tertiary alicyclic amines) is 1. The van der Waals surface area contributed by atoms with Gasteiger partial charge in [0.15, 0.2) is 0 Å². The van der Waals surface area contributed by atoms with Crippen LogP contribution in [0.1, 0.15) is 44.6 Å². The Hall–Kier alpha value is -2.57. The monoisotopic (exact) mass is 390 g/mol. The molecule has 1 unspecified atom stereocenters. The van der Waals surface area contributed by atoms with Gasteiger partial charge in [0.2, 0.25) is 0 Å². The molecule has 2 rings (SSSR count). The SMILES string of the molecule is CCCCN(CC(CCc1ccccc1)C(=O)O)C(=O)N1CCC[C@H]1C(=O)O.